The van der Waals surface area contributed by atoms with Gasteiger partial charge in [0.25, 0.3) is 0 Å². The fourth-order valence-electron chi connectivity index (χ4n) is 1.48. The largest absolute Gasteiger partial charge is 0.334 e. The maximum absolute atomic E-state index is 11.6. The first kappa shape index (κ1) is 14.8. The van der Waals surface area contributed by atoms with Crippen molar-refractivity contribution < 1.29 is 4.79 Å². The van der Waals surface area contributed by atoms with Crippen LogP contribution >= 0.6 is 11.6 Å². The van der Waals surface area contributed by atoms with Crippen LogP contribution in [0.2, 0.25) is 0 Å². The molecule has 1 aromatic carbocycles. The van der Waals surface area contributed by atoms with Gasteiger partial charge in [-0.15, -0.1) is 11.6 Å². The van der Waals surface area contributed by atoms with Crippen molar-refractivity contribution in [3.05, 3.63) is 29.8 Å². The van der Waals surface area contributed by atoms with Gasteiger partial charge < -0.3 is 10.6 Å². The summed E-state index contributed by atoms with van der Waals surface area (Å²) in [6.45, 7) is 8.33. The molecule has 100 valence electrons. The van der Waals surface area contributed by atoms with Gasteiger partial charge >= 0.3 is 6.03 Å². The van der Waals surface area contributed by atoms with E-state index in [9.17, 15) is 4.79 Å². The molecule has 0 aliphatic carbocycles. The average Bonchev–Trinajstić information content (AvgIpc) is 2.28. The Hall–Kier alpha value is -1.22. The third-order valence-corrected chi connectivity index (χ3v) is 3.08. The molecule has 0 aliphatic rings. The molecule has 0 bridgehead atoms. The molecule has 3 nitrogen and oxygen atoms in total. The Balaban J connectivity index is 2.61. The number of carbonyl (C=O) groups is 1. The van der Waals surface area contributed by atoms with Crippen LogP contribution in [0.15, 0.2) is 24.3 Å². The quantitative estimate of drug-likeness (QED) is 0.806. The van der Waals surface area contributed by atoms with E-state index in [1.807, 2.05) is 31.2 Å². The van der Waals surface area contributed by atoms with E-state index in [4.69, 9.17) is 11.6 Å². The minimum absolute atomic E-state index is 0.0412. The average molecular weight is 269 g/mol. The summed E-state index contributed by atoms with van der Waals surface area (Å²) in [7, 11) is 0. The molecule has 0 aliphatic heterocycles. The smallest absolute Gasteiger partial charge is 0.319 e. The van der Waals surface area contributed by atoms with Gasteiger partial charge in [0, 0.05) is 17.6 Å². The number of anilines is 1. The van der Waals surface area contributed by atoms with Gasteiger partial charge in [-0.1, -0.05) is 32.9 Å². The number of hydrogen-bond acceptors (Lipinski definition) is 1. The Morgan fingerprint density at radius 3 is 2.28 bits per heavy atom. The fourth-order valence-corrected chi connectivity index (χ4v) is 1.56. The third kappa shape index (κ3) is 4.57. The maximum atomic E-state index is 11.6. The van der Waals surface area contributed by atoms with E-state index in [1.165, 1.54) is 5.56 Å². The molecule has 1 atom stereocenters. The maximum Gasteiger partial charge on any atom is 0.319 e. The molecule has 0 saturated carbocycles. The lowest BCUT2D eigenvalue weighted by molar-refractivity contribution is 0.250. The Kier molecular flexibility index (Phi) is 5.03. The van der Waals surface area contributed by atoms with Gasteiger partial charge in [-0.3, -0.25) is 0 Å². The molecular weight excluding hydrogens is 248 g/mol. The Morgan fingerprint density at radius 2 is 1.83 bits per heavy atom. The van der Waals surface area contributed by atoms with Crippen molar-refractivity contribution in [2.24, 2.45) is 0 Å². The molecule has 0 saturated heterocycles. The molecule has 1 aromatic rings. The van der Waals surface area contributed by atoms with Crippen molar-refractivity contribution in [3.8, 4) is 0 Å². The molecule has 0 heterocycles. The number of rotatable bonds is 3. The number of nitrogens with one attached hydrogen (secondary N) is 2. The molecule has 2 amide bonds. The van der Waals surface area contributed by atoms with Crippen molar-refractivity contribution >= 4 is 23.3 Å². The molecule has 0 fully saturated rings. The van der Waals surface area contributed by atoms with E-state index in [1.54, 1.807) is 0 Å². The van der Waals surface area contributed by atoms with Crippen LogP contribution in [0.25, 0.3) is 0 Å². The fraction of sp³-hybridized carbons (Fsp3) is 0.500. The summed E-state index contributed by atoms with van der Waals surface area (Å²) >= 11 is 5.63. The Morgan fingerprint density at radius 1 is 1.28 bits per heavy atom. The predicted molar refractivity (Wildman–Crippen MR) is 77.5 cm³/mol. The molecule has 1 rings (SSSR count). The summed E-state index contributed by atoms with van der Waals surface area (Å²) in [5.41, 5.74) is 2.14. The monoisotopic (exact) mass is 268 g/mol. The number of benzene rings is 1. The standard InChI is InChI=1S/C14H21ClN2O/c1-10(9-15)16-13(18)17-12-7-5-11(6-8-12)14(2,3)4/h5-8,10H,9H2,1-4H3,(H2,16,17,18)/t10-/m1/s1. The second-order valence-electron chi connectivity index (χ2n) is 5.48. The number of amides is 2. The first-order chi connectivity index (χ1) is 8.32. The summed E-state index contributed by atoms with van der Waals surface area (Å²) in [6.07, 6.45) is 0. The van der Waals surface area contributed by atoms with E-state index >= 15 is 0 Å². The molecule has 0 radical (unpaired) electrons. The van der Waals surface area contributed by atoms with Gasteiger partial charge in [0.1, 0.15) is 0 Å². The first-order valence-electron chi connectivity index (χ1n) is 6.07. The molecule has 2 N–H and O–H groups in total. The number of alkyl halides is 1. The highest BCUT2D eigenvalue weighted by atomic mass is 35.5. The van der Waals surface area contributed by atoms with Gasteiger partial charge in [-0.05, 0) is 30.0 Å². The van der Waals surface area contributed by atoms with Gasteiger partial charge in [0.15, 0.2) is 0 Å². The van der Waals surface area contributed by atoms with E-state index in [0.29, 0.717) is 5.88 Å². The summed E-state index contributed by atoms with van der Waals surface area (Å²) < 4.78 is 0. The minimum atomic E-state index is -0.230. The molecule has 0 spiro atoms. The number of urea groups is 1. The van der Waals surface area contributed by atoms with E-state index in [0.717, 1.165) is 5.69 Å². The molecular formula is C14H21ClN2O. The summed E-state index contributed by atoms with van der Waals surface area (Å²) in [5, 5.41) is 5.52. The highest BCUT2D eigenvalue weighted by Gasteiger charge is 2.13. The second kappa shape index (κ2) is 6.10. The Bertz CT molecular complexity index is 395. The zero-order chi connectivity index (χ0) is 13.8. The SMILES string of the molecule is C[C@H](CCl)NC(=O)Nc1ccc(C(C)(C)C)cc1. The lowest BCUT2D eigenvalue weighted by Crippen LogP contribution is -2.37. The van der Waals surface area contributed by atoms with Crippen LogP contribution in [-0.2, 0) is 5.41 Å². The van der Waals surface area contributed by atoms with Crippen molar-refractivity contribution in [1.82, 2.24) is 5.32 Å². The minimum Gasteiger partial charge on any atom is -0.334 e. The van der Waals surface area contributed by atoms with Crippen LogP contribution in [0, 0.1) is 0 Å². The van der Waals surface area contributed by atoms with Gasteiger partial charge in [0.05, 0.1) is 0 Å². The van der Waals surface area contributed by atoms with Crippen LogP contribution in [-0.4, -0.2) is 18.0 Å². The number of hydrogen-bond donors (Lipinski definition) is 2. The predicted octanol–water partition coefficient (Wildman–Crippen LogP) is 3.73. The lowest BCUT2D eigenvalue weighted by Gasteiger charge is -2.19. The summed E-state index contributed by atoms with van der Waals surface area (Å²) in [5.74, 6) is 0.399. The summed E-state index contributed by atoms with van der Waals surface area (Å²) in [4.78, 5) is 11.6. The second-order valence-corrected chi connectivity index (χ2v) is 5.79. The van der Waals surface area contributed by atoms with Crippen molar-refractivity contribution in [3.63, 3.8) is 0 Å². The van der Waals surface area contributed by atoms with E-state index in [-0.39, 0.29) is 17.5 Å². The molecule has 4 heteroatoms. The molecule has 0 unspecified atom stereocenters. The summed E-state index contributed by atoms with van der Waals surface area (Å²) in [6, 6.07) is 7.60. The van der Waals surface area contributed by atoms with Gasteiger partial charge in [0.2, 0.25) is 0 Å². The first-order valence-corrected chi connectivity index (χ1v) is 6.60. The number of carbonyl (C=O) groups excluding carboxylic acids is 1. The van der Waals surface area contributed by atoms with Crippen LogP contribution in [0.3, 0.4) is 0 Å². The zero-order valence-corrected chi connectivity index (χ0v) is 12.1. The molecule has 0 aromatic heterocycles. The number of halogens is 1. The Labute approximate surface area is 114 Å². The highest BCUT2D eigenvalue weighted by Crippen LogP contribution is 2.23. The van der Waals surface area contributed by atoms with Crippen LogP contribution in [0.4, 0.5) is 10.5 Å². The van der Waals surface area contributed by atoms with Crippen LogP contribution in [0.5, 0.6) is 0 Å². The lowest BCUT2D eigenvalue weighted by atomic mass is 9.87. The molecule has 18 heavy (non-hydrogen) atoms. The van der Waals surface area contributed by atoms with E-state index < -0.39 is 0 Å². The highest BCUT2D eigenvalue weighted by molar-refractivity contribution is 6.18. The zero-order valence-electron chi connectivity index (χ0n) is 11.4. The topological polar surface area (TPSA) is 41.1 Å². The van der Waals surface area contributed by atoms with Crippen molar-refractivity contribution in [2.45, 2.75) is 39.2 Å². The normalized spacial score (nSPS) is 12.9. The van der Waals surface area contributed by atoms with Crippen molar-refractivity contribution in [1.29, 1.82) is 0 Å². The van der Waals surface area contributed by atoms with Gasteiger partial charge in [-0.2, -0.15) is 0 Å². The van der Waals surface area contributed by atoms with Crippen molar-refractivity contribution in [2.75, 3.05) is 11.2 Å². The van der Waals surface area contributed by atoms with Crippen LogP contribution < -0.4 is 10.6 Å². The third-order valence-electron chi connectivity index (χ3n) is 2.62. The van der Waals surface area contributed by atoms with E-state index in [2.05, 4.69) is 31.4 Å². The van der Waals surface area contributed by atoms with Gasteiger partial charge in [-0.25, -0.2) is 4.79 Å². The van der Waals surface area contributed by atoms with Crippen LogP contribution in [0.1, 0.15) is 33.3 Å².